The maximum absolute atomic E-state index is 14.7. The fourth-order valence-corrected chi connectivity index (χ4v) is 4.07. The van der Waals surface area contributed by atoms with E-state index in [4.69, 9.17) is 0 Å². The van der Waals surface area contributed by atoms with E-state index in [-0.39, 0.29) is 21.9 Å². The van der Waals surface area contributed by atoms with Crippen molar-refractivity contribution in [3.8, 4) is 11.1 Å². The summed E-state index contributed by atoms with van der Waals surface area (Å²) in [6.07, 6.45) is 0. The highest BCUT2D eigenvalue weighted by molar-refractivity contribution is 7.89. The van der Waals surface area contributed by atoms with Crippen LogP contribution < -0.4 is 10.0 Å². The number of amides is 1. The molecular formula is C23H21FN2O4S. The molecule has 0 aliphatic rings. The van der Waals surface area contributed by atoms with Crippen molar-refractivity contribution in [3.05, 3.63) is 89.2 Å². The number of hydrogen-bond donors (Lipinski definition) is 2. The van der Waals surface area contributed by atoms with Gasteiger partial charge in [0.1, 0.15) is 5.82 Å². The highest BCUT2D eigenvalue weighted by Crippen LogP contribution is 2.26. The third kappa shape index (κ3) is 5.04. The number of sulfonamides is 1. The van der Waals surface area contributed by atoms with Crippen LogP contribution in [0.4, 0.5) is 4.39 Å². The first-order valence-corrected chi connectivity index (χ1v) is 10.9. The van der Waals surface area contributed by atoms with Crippen LogP contribution in [-0.4, -0.2) is 33.7 Å². The molecule has 3 rings (SSSR count). The quantitative estimate of drug-likeness (QED) is 0.552. The number of rotatable bonds is 7. The van der Waals surface area contributed by atoms with Gasteiger partial charge in [0.05, 0.1) is 17.0 Å². The Hall–Kier alpha value is -3.36. The van der Waals surface area contributed by atoms with Crippen LogP contribution in [0.15, 0.2) is 71.6 Å². The summed E-state index contributed by atoms with van der Waals surface area (Å²) in [5, 5.41) is 2.54. The van der Waals surface area contributed by atoms with Crippen molar-refractivity contribution in [1.82, 2.24) is 10.0 Å². The predicted molar refractivity (Wildman–Crippen MR) is 116 cm³/mol. The zero-order valence-corrected chi connectivity index (χ0v) is 17.8. The van der Waals surface area contributed by atoms with Crippen LogP contribution in [-0.2, 0) is 10.0 Å². The highest BCUT2D eigenvalue weighted by atomic mass is 32.2. The van der Waals surface area contributed by atoms with E-state index < -0.39 is 28.2 Å². The van der Waals surface area contributed by atoms with Gasteiger partial charge >= 0.3 is 0 Å². The molecule has 0 aliphatic heterocycles. The molecule has 1 amide bonds. The van der Waals surface area contributed by atoms with Gasteiger partial charge in [-0.1, -0.05) is 30.3 Å². The Morgan fingerprint density at radius 2 is 1.65 bits per heavy atom. The summed E-state index contributed by atoms with van der Waals surface area (Å²) in [6, 6.07) is 17.3. The van der Waals surface area contributed by atoms with Gasteiger partial charge < -0.3 is 5.32 Å². The maximum atomic E-state index is 14.7. The van der Waals surface area contributed by atoms with Crippen molar-refractivity contribution >= 4 is 21.7 Å². The van der Waals surface area contributed by atoms with Crippen LogP contribution >= 0.6 is 0 Å². The number of halogens is 1. The summed E-state index contributed by atoms with van der Waals surface area (Å²) < 4.78 is 41.6. The average Bonchev–Trinajstić information content (AvgIpc) is 2.79. The van der Waals surface area contributed by atoms with E-state index in [0.29, 0.717) is 16.7 Å². The number of Topliss-reactive ketones (excluding diaryl/α,β-unsaturated/α-hetero) is 1. The molecule has 0 radical (unpaired) electrons. The van der Waals surface area contributed by atoms with E-state index in [0.717, 1.165) is 0 Å². The number of aryl methyl sites for hydroxylation is 1. The van der Waals surface area contributed by atoms with Gasteiger partial charge in [0, 0.05) is 12.6 Å². The fraction of sp³-hybridized carbons (Fsp3) is 0.130. The predicted octanol–water partition coefficient (Wildman–Crippen LogP) is 3.32. The summed E-state index contributed by atoms with van der Waals surface area (Å²) in [5.74, 6) is -1.69. The molecule has 0 unspecified atom stereocenters. The van der Waals surface area contributed by atoms with Gasteiger partial charge in [-0.15, -0.1) is 0 Å². The SMILES string of the molecule is CNC(=O)c1cccc(-c2cc(C)c(F)c(C(=O)CNS(=O)(=O)c3ccccc3)c2)c1. The van der Waals surface area contributed by atoms with Gasteiger partial charge in [0.15, 0.2) is 5.78 Å². The molecule has 0 heterocycles. The molecule has 8 heteroatoms. The summed E-state index contributed by atoms with van der Waals surface area (Å²) in [7, 11) is -2.39. The molecule has 3 aromatic rings. The van der Waals surface area contributed by atoms with Crippen molar-refractivity contribution in [2.45, 2.75) is 11.8 Å². The lowest BCUT2D eigenvalue weighted by Crippen LogP contribution is -2.30. The molecule has 31 heavy (non-hydrogen) atoms. The molecule has 160 valence electrons. The minimum atomic E-state index is -3.90. The Balaban J connectivity index is 1.89. The maximum Gasteiger partial charge on any atom is 0.251 e. The first-order chi connectivity index (χ1) is 14.7. The Morgan fingerprint density at radius 3 is 2.32 bits per heavy atom. The Labute approximate surface area is 180 Å². The first-order valence-electron chi connectivity index (χ1n) is 9.43. The monoisotopic (exact) mass is 440 g/mol. The van der Waals surface area contributed by atoms with Crippen LogP contribution in [0.3, 0.4) is 0 Å². The van der Waals surface area contributed by atoms with Crippen molar-refractivity contribution < 1.29 is 22.4 Å². The second kappa shape index (κ2) is 9.20. The van der Waals surface area contributed by atoms with Gasteiger partial charge in [0.25, 0.3) is 5.91 Å². The highest BCUT2D eigenvalue weighted by Gasteiger charge is 2.20. The third-order valence-corrected chi connectivity index (χ3v) is 6.13. The van der Waals surface area contributed by atoms with Crippen LogP contribution in [0.2, 0.25) is 0 Å². The first kappa shape index (κ1) is 22.3. The van der Waals surface area contributed by atoms with E-state index in [1.54, 1.807) is 48.5 Å². The van der Waals surface area contributed by atoms with Gasteiger partial charge in [-0.3, -0.25) is 9.59 Å². The van der Waals surface area contributed by atoms with E-state index in [2.05, 4.69) is 10.0 Å². The Kier molecular flexibility index (Phi) is 6.62. The van der Waals surface area contributed by atoms with Crippen molar-refractivity contribution in [3.63, 3.8) is 0 Å². The van der Waals surface area contributed by atoms with E-state index in [9.17, 15) is 22.4 Å². The molecule has 0 spiro atoms. The molecule has 2 N–H and O–H groups in total. The molecule has 6 nitrogen and oxygen atoms in total. The fourth-order valence-electron chi connectivity index (χ4n) is 3.06. The van der Waals surface area contributed by atoms with E-state index in [1.165, 1.54) is 32.2 Å². The zero-order valence-electron chi connectivity index (χ0n) is 17.0. The van der Waals surface area contributed by atoms with Crippen molar-refractivity contribution in [2.75, 3.05) is 13.6 Å². The average molecular weight is 440 g/mol. The summed E-state index contributed by atoms with van der Waals surface area (Å²) in [5.41, 5.74) is 1.60. The summed E-state index contributed by atoms with van der Waals surface area (Å²) in [6.45, 7) is 0.932. The van der Waals surface area contributed by atoms with Gasteiger partial charge in [-0.05, 0) is 60.0 Å². The van der Waals surface area contributed by atoms with Gasteiger partial charge in [-0.25, -0.2) is 17.5 Å². The molecule has 3 aromatic carbocycles. The van der Waals surface area contributed by atoms with Crippen LogP contribution in [0.25, 0.3) is 11.1 Å². The lowest BCUT2D eigenvalue weighted by Gasteiger charge is -2.11. The molecule has 0 saturated heterocycles. The largest absolute Gasteiger partial charge is 0.355 e. The summed E-state index contributed by atoms with van der Waals surface area (Å²) >= 11 is 0. The van der Waals surface area contributed by atoms with Gasteiger partial charge in [0.2, 0.25) is 10.0 Å². The minimum Gasteiger partial charge on any atom is -0.355 e. The Bertz CT molecular complexity index is 1240. The molecular weight excluding hydrogens is 419 g/mol. The normalized spacial score (nSPS) is 11.2. The number of benzene rings is 3. The molecule has 0 bridgehead atoms. The van der Waals surface area contributed by atoms with Crippen LogP contribution in [0.1, 0.15) is 26.3 Å². The topological polar surface area (TPSA) is 92.3 Å². The van der Waals surface area contributed by atoms with Gasteiger partial charge in [-0.2, -0.15) is 0 Å². The molecule has 0 aliphatic carbocycles. The van der Waals surface area contributed by atoms with E-state index in [1.807, 2.05) is 0 Å². The number of nitrogens with one attached hydrogen (secondary N) is 2. The third-order valence-electron chi connectivity index (χ3n) is 4.72. The van der Waals surface area contributed by atoms with Crippen LogP contribution in [0.5, 0.6) is 0 Å². The van der Waals surface area contributed by atoms with Crippen LogP contribution in [0, 0.1) is 12.7 Å². The standard InChI is InChI=1S/C23H21FN2O4S/c1-15-11-18(16-7-6-8-17(12-16)23(28)25-2)13-20(22(15)24)21(27)14-26-31(29,30)19-9-4-3-5-10-19/h3-13,26H,14H2,1-2H3,(H,25,28). The summed E-state index contributed by atoms with van der Waals surface area (Å²) in [4.78, 5) is 24.6. The van der Waals surface area contributed by atoms with Crippen molar-refractivity contribution in [1.29, 1.82) is 0 Å². The second-order valence-electron chi connectivity index (χ2n) is 6.88. The smallest absolute Gasteiger partial charge is 0.251 e. The molecule has 0 fully saturated rings. The lowest BCUT2D eigenvalue weighted by atomic mass is 9.96. The number of ketones is 1. The zero-order chi connectivity index (χ0) is 22.6. The number of carbonyl (C=O) groups is 2. The minimum absolute atomic E-state index is 0.0132. The lowest BCUT2D eigenvalue weighted by molar-refractivity contribution is 0.0961. The van der Waals surface area contributed by atoms with E-state index >= 15 is 0 Å². The van der Waals surface area contributed by atoms with Crippen molar-refractivity contribution in [2.24, 2.45) is 0 Å². The Morgan fingerprint density at radius 1 is 0.935 bits per heavy atom. The number of carbonyl (C=O) groups excluding carboxylic acids is 2. The molecule has 0 saturated carbocycles. The number of hydrogen-bond acceptors (Lipinski definition) is 4. The molecule has 0 aromatic heterocycles. The molecule has 0 atom stereocenters. The second-order valence-corrected chi connectivity index (χ2v) is 8.64.